The van der Waals surface area contributed by atoms with Crippen molar-refractivity contribution in [3.63, 3.8) is 0 Å². The quantitative estimate of drug-likeness (QED) is 0.615. The summed E-state index contributed by atoms with van der Waals surface area (Å²) in [6.07, 6.45) is 0. The first-order chi connectivity index (χ1) is 12.4. The van der Waals surface area contributed by atoms with E-state index in [0.29, 0.717) is 5.71 Å². The average Bonchev–Trinajstić information content (AvgIpc) is 2.64. The van der Waals surface area contributed by atoms with Crippen LogP contribution in [-0.2, 0) is 4.79 Å². The summed E-state index contributed by atoms with van der Waals surface area (Å²) in [4.78, 5) is 25.6. The number of hydrogen-bond donors (Lipinski definition) is 2. The van der Waals surface area contributed by atoms with E-state index in [1.165, 1.54) is 18.2 Å². The fourth-order valence-electron chi connectivity index (χ4n) is 2.14. The number of carbonyl (C=O) groups is 2. The standard InChI is InChI=1S/C19H21FN4O2/c1-13(14-7-9-17(10-8-14)24(2)3)22-23-18(25)12-21-19(26)15-5-4-6-16(20)11-15/h4-11H,12H2,1-3H3,(H,21,26)(H,23,25). The molecule has 2 N–H and O–H groups in total. The number of hydrogen-bond acceptors (Lipinski definition) is 4. The lowest BCUT2D eigenvalue weighted by atomic mass is 10.1. The van der Waals surface area contributed by atoms with Crippen molar-refractivity contribution in [2.24, 2.45) is 5.10 Å². The zero-order valence-corrected chi connectivity index (χ0v) is 14.9. The molecule has 0 bridgehead atoms. The molecule has 2 amide bonds. The molecule has 136 valence electrons. The van der Waals surface area contributed by atoms with Crippen molar-refractivity contribution in [3.8, 4) is 0 Å². The summed E-state index contributed by atoms with van der Waals surface area (Å²) < 4.78 is 13.1. The van der Waals surface area contributed by atoms with E-state index in [-0.39, 0.29) is 12.1 Å². The number of amides is 2. The van der Waals surface area contributed by atoms with Crippen molar-refractivity contribution in [1.29, 1.82) is 0 Å². The third-order valence-corrected chi connectivity index (χ3v) is 3.65. The molecule has 0 fully saturated rings. The molecule has 26 heavy (non-hydrogen) atoms. The lowest BCUT2D eigenvalue weighted by Gasteiger charge is -2.12. The number of carbonyl (C=O) groups excluding carboxylic acids is 2. The van der Waals surface area contributed by atoms with Crippen molar-refractivity contribution in [2.75, 3.05) is 25.5 Å². The van der Waals surface area contributed by atoms with Crippen LogP contribution in [-0.4, -0.2) is 38.2 Å². The summed E-state index contributed by atoms with van der Waals surface area (Å²) in [6.45, 7) is 1.52. The Morgan fingerprint density at radius 3 is 2.38 bits per heavy atom. The highest BCUT2D eigenvalue weighted by Crippen LogP contribution is 2.12. The van der Waals surface area contributed by atoms with E-state index in [1.807, 2.05) is 43.3 Å². The Morgan fingerprint density at radius 1 is 1.08 bits per heavy atom. The third kappa shape index (κ3) is 5.41. The minimum atomic E-state index is -0.528. The van der Waals surface area contributed by atoms with Gasteiger partial charge in [0.05, 0.1) is 12.3 Å². The fourth-order valence-corrected chi connectivity index (χ4v) is 2.14. The van der Waals surface area contributed by atoms with Crippen LogP contribution >= 0.6 is 0 Å². The van der Waals surface area contributed by atoms with Crippen LogP contribution in [0.2, 0.25) is 0 Å². The van der Waals surface area contributed by atoms with Crippen molar-refractivity contribution in [2.45, 2.75) is 6.92 Å². The first-order valence-corrected chi connectivity index (χ1v) is 8.01. The molecule has 0 radical (unpaired) electrons. The van der Waals surface area contributed by atoms with E-state index in [9.17, 15) is 14.0 Å². The van der Waals surface area contributed by atoms with E-state index >= 15 is 0 Å². The minimum Gasteiger partial charge on any atom is -0.378 e. The molecule has 2 aromatic carbocycles. The predicted octanol–water partition coefficient (Wildman–Crippen LogP) is 2.16. The number of rotatable bonds is 6. The summed E-state index contributed by atoms with van der Waals surface area (Å²) in [5.41, 5.74) is 5.11. The SMILES string of the molecule is CC(=NNC(=O)CNC(=O)c1cccc(F)c1)c1ccc(N(C)C)cc1. The highest BCUT2D eigenvalue weighted by Gasteiger charge is 2.08. The smallest absolute Gasteiger partial charge is 0.259 e. The Hall–Kier alpha value is -3.22. The molecule has 0 saturated carbocycles. The Balaban J connectivity index is 1.87. The summed E-state index contributed by atoms with van der Waals surface area (Å²) in [6, 6.07) is 13.0. The maximum absolute atomic E-state index is 13.1. The summed E-state index contributed by atoms with van der Waals surface area (Å²) in [5, 5.41) is 6.44. The second-order valence-electron chi connectivity index (χ2n) is 5.87. The molecule has 0 spiro atoms. The van der Waals surface area contributed by atoms with Gasteiger partial charge in [-0.3, -0.25) is 9.59 Å². The molecule has 0 heterocycles. The lowest BCUT2D eigenvalue weighted by Crippen LogP contribution is -2.35. The second-order valence-corrected chi connectivity index (χ2v) is 5.87. The van der Waals surface area contributed by atoms with Gasteiger partial charge in [0.1, 0.15) is 5.82 Å². The van der Waals surface area contributed by atoms with Gasteiger partial charge in [-0.05, 0) is 42.8 Å². The van der Waals surface area contributed by atoms with Crippen LogP contribution in [0.15, 0.2) is 53.6 Å². The topological polar surface area (TPSA) is 73.8 Å². The fraction of sp³-hybridized carbons (Fsp3) is 0.211. The first-order valence-electron chi connectivity index (χ1n) is 8.01. The van der Waals surface area contributed by atoms with E-state index < -0.39 is 17.6 Å². The first kappa shape index (κ1) is 19.1. The maximum Gasteiger partial charge on any atom is 0.259 e. The molecule has 0 aromatic heterocycles. The van der Waals surface area contributed by atoms with Crippen LogP contribution in [0.25, 0.3) is 0 Å². The molecular formula is C19H21FN4O2. The number of halogens is 1. The summed E-state index contributed by atoms with van der Waals surface area (Å²) in [7, 11) is 3.91. The predicted molar refractivity (Wildman–Crippen MR) is 99.9 cm³/mol. The molecule has 0 atom stereocenters. The van der Waals surface area contributed by atoms with Gasteiger partial charge in [-0.2, -0.15) is 5.10 Å². The van der Waals surface area contributed by atoms with Gasteiger partial charge in [0.25, 0.3) is 11.8 Å². The van der Waals surface area contributed by atoms with Crippen LogP contribution in [0.1, 0.15) is 22.8 Å². The third-order valence-electron chi connectivity index (χ3n) is 3.65. The monoisotopic (exact) mass is 356 g/mol. The van der Waals surface area contributed by atoms with Gasteiger partial charge in [0.2, 0.25) is 0 Å². The lowest BCUT2D eigenvalue weighted by molar-refractivity contribution is -0.120. The second kappa shape index (κ2) is 8.75. The Bertz CT molecular complexity index is 817. The van der Waals surface area contributed by atoms with E-state index in [1.54, 1.807) is 6.92 Å². The molecule has 2 aromatic rings. The number of anilines is 1. The minimum absolute atomic E-state index is 0.151. The molecular weight excluding hydrogens is 335 g/mol. The molecule has 6 nitrogen and oxygen atoms in total. The van der Waals surface area contributed by atoms with Gasteiger partial charge in [0, 0.05) is 25.3 Å². The van der Waals surface area contributed by atoms with Crippen LogP contribution in [0, 0.1) is 5.82 Å². The number of hydrazone groups is 1. The molecule has 0 unspecified atom stereocenters. The van der Waals surface area contributed by atoms with E-state index in [4.69, 9.17) is 0 Å². The highest BCUT2D eigenvalue weighted by molar-refractivity contribution is 6.00. The van der Waals surface area contributed by atoms with Gasteiger partial charge in [-0.1, -0.05) is 18.2 Å². The zero-order chi connectivity index (χ0) is 19.1. The molecule has 2 rings (SSSR count). The average molecular weight is 356 g/mol. The van der Waals surface area contributed by atoms with Gasteiger partial charge in [-0.25, -0.2) is 9.82 Å². The van der Waals surface area contributed by atoms with Crippen LogP contribution in [0.3, 0.4) is 0 Å². The van der Waals surface area contributed by atoms with Gasteiger partial charge >= 0.3 is 0 Å². The molecule has 0 aliphatic heterocycles. The number of benzene rings is 2. The molecule has 0 saturated heterocycles. The van der Waals surface area contributed by atoms with Crippen LogP contribution in [0.5, 0.6) is 0 Å². The highest BCUT2D eigenvalue weighted by atomic mass is 19.1. The Kier molecular flexibility index (Phi) is 6.43. The normalized spacial score (nSPS) is 11.0. The van der Waals surface area contributed by atoms with Crippen LogP contribution in [0.4, 0.5) is 10.1 Å². The molecule has 7 heteroatoms. The van der Waals surface area contributed by atoms with Crippen molar-refractivity contribution >= 4 is 23.2 Å². The molecule has 0 aliphatic carbocycles. The van der Waals surface area contributed by atoms with Gasteiger partial charge in [0.15, 0.2) is 0 Å². The maximum atomic E-state index is 13.1. The largest absolute Gasteiger partial charge is 0.378 e. The Labute approximate surface area is 151 Å². The molecule has 0 aliphatic rings. The zero-order valence-electron chi connectivity index (χ0n) is 14.9. The van der Waals surface area contributed by atoms with Crippen LogP contribution < -0.4 is 15.6 Å². The van der Waals surface area contributed by atoms with Gasteiger partial charge in [-0.15, -0.1) is 0 Å². The Morgan fingerprint density at radius 2 is 1.77 bits per heavy atom. The number of nitrogens with one attached hydrogen (secondary N) is 2. The van der Waals surface area contributed by atoms with E-state index in [0.717, 1.165) is 17.3 Å². The summed E-state index contributed by atoms with van der Waals surface area (Å²) in [5.74, 6) is -1.51. The van der Waals surface area contributed by atoms with Gasteiger partial charge < -0.3 is 10.2 Å². The van der Waals surface area contributed by atoms with Crippen molar-refractivity contribution in [3.05, 3.63) is 65.5 Å². The van der Waals surface area contributed by atoms with Crippen molar-refractivity contribution < 1.29 is 14.0 Å². The summed E-state index contributed by atoms with van der Waals surface area (Å²) >= 11 is 0. The van der Waals surface area contributed by atoms with Crippen molar-refractivity contribution in [1.82, 2.24) is 10.7 Å². The number of nitrogens with zero attached hydrogens (tertiary/aromatic N) is 2. The van der Waals surface area contributed by atoms with E-state index in [2.05, 4.69) is 15.8 Å².